The van der Waals surface area contributed by atoms with E-state index in [-0.39, 0.29) is 0 Å². The largest absolute Gasteiger partial charge is 0.290 e. The smallest absolute Gasteiger partial charge is 0.177 e. The highest BCUT2D eigenvalue weighted by Crippen LogP contribution is 2.49. The van der Waals surface area contributed by atoms with E-state index in [2.05, 4.69) is 108 Å². The average molecular weight is 592 g/mol. The Labute approximate surface area is 251 Å². The Bertz CT molecular complexity index is 2770. The zero-order chi connectivity index (χ0) is 27.5. The second kappa shape index (κ2) is 8.26. The van der Waals surface area contributed by atoms with E-state index in [0.717, 1.165) is 31.5 Å². The van der Waals surface area contributed by atoms with E-state index in [9.17, 15) is 0 Å². The van der Waals surface area contributed by atoms with Gasteiger partial charge in [0.25, 0.3) is 0 Å². The second-order valence-electron chi connectivity index (χ2n) is 10.7. The third kappa shape index (κ3) is 2.90. The van der Waals surface area contributed by atoms with Crippen LogP contribution in [0.2, 0.25) is 5.15 Å². The Hall–Kier alpha value is -4.55. The lowest BCUT2D eigenvalue weighted by atomic mass is 9.97. The summed E-state index contributed by atoms with van der Waals surface area (Å²) >= 11 is 10.6. The molecule has 10 aromatic rings. The predicted octanol–water partition coefficient (Wildman–Crippen LogP) is 11.3. The molecule has 0 aliphatic rings. The number of nitrogens with zero attached hydrogens (tertiary/aromatic N) is 3. The van der Waals surface area contributed by atoms with Gasteiger partial charge in [0.15, 0.2) is 11.0 Å². The van der Waals surface area contributed by atoms with E-state index in [1.54, 1.807) is 11.3 Å². The molecule has 0 N–H and O–H groups in total. The van der Waals surface area contributed by atoms with E-state index in [0.29, 0.717) is 11.0 Å². The molecule has 4 aromatic heterocycles. The van der Waals surface area contributed by atoms with Crippen LogP contribution in [0.5, 0.6) is 0 Å². The molecule has 0 amide bonds. The highest BCUT2D eigenvalue weighted by molar-refractivity contribution is 7.27. The molecule has 4 heterocycles. The molecule has 10 rings (SSSR count). The second-order valence-corrected chi connectivity index (χ2v) is 13.1. The first-order valence-corrected chi connectivity index (χ1v) is 15.8. The first kappa shape index (κ1) is 23.1. The van der Waals surface area contributed by atoms with Gasteiger partial charge in [-0.2, -0.15) is 0 Å². The van der Waals surface area contributed by atoms with Crippen molar-refractivity contribution < 1.29 is 0 Å². The SMILES string of the molecule is Clc1nc2c(nc1-n1c3ccccc3c3c4ccccc4c4c(sc5ccc6ccccc6c54)c31)sc1ccccc12. The maximum atomic E-state index is 7.09. The Balaban J connectivity index is 1.48. The zero-order valence-corrected chi connectivity index (χ0v) is 24.3. The number of hydrogen-bond acceptors (Lipinski definition) is 4. The third-order valence-electron chi connectivity index (χ3n) is 8.50. The monoisotopic (exact) mass is 591 g/mol. The highest BCUT2D eigenvalue weighted by atomic mass is 35.5. The first-order chi connectivity index (χ1) is 20.8. The normalized spacial score (nSPS) is 12.4. The van der Waals surface area contributed by atoms with E-state index in [1.807, 2.05) is 17.4 Å². The summed E-state index contributed by atoms with van der Waals surface area (Å²) in [6, 6.07) is 38.9. The van der Waals surface area contributed by atoms with Gasteiger partial charge in [-0.15, -0.1) is 22.7 Å². The summed E-state index contributed by atoms with van der Waals surface area (Å²) < 4.78 is 5.93. The van der Waals surface area contributed by atoms with Crippen LogP contribution in [0.3, 0.4) is 0 Å². The maximum Gasteiger partial charge on any atom is 0.177 e. The molecule has 0 atom stereocenters. The summed E-state index contributed by atoms with van der Waals surface area (Å²) in [5.41, 5.74) is 3.06. The molecule has 0 saturated carbocycles. The lowest BCUT2D eigenvalue weighted by Crippen LogP contribution is -2.00. The van der Waals surface area contributed by atoms with Crippen molar-refractivity contribution in [1.29, 1.82) is 0 Å². The van der Waals surface area contributed by atoms with Crippen LogP contribution in [-0.2, 0) is 0 Å². The van der Waals surface area contributed by atoms with Crippen molar-refractivity contribution >= 4 is 118 Å². The van der Waals surface area contributed by atoms with Crippen molar-refractivity contribution in [3.05, 3.63) is 114 Å². The molecular weight excluding hydrogens is 574 g/mol. The quantitative estimate of drug-likeness (QED) is 0.190. The summed E-state index contributed by atoms with van der Waals surface area (Å²) in [6.07, 6.45) is 0. The molecule has 0 aliphatic carbocycles. The number of thiophene rings is 2. The van der Waals surface area contributed by atoms with Crippen molar-refractivity contribution in [2.75, 3.05) is 0 Å². The predicted molar refractivity (Wildman–Crippen MR) is 182 cm³/mol. The first-order valence-electron chi connectivity index (χ1n) is 13.8. The molecule has 6 heteroatoms. The van der Waals surface area contributed by atoms with Gasteiger partial charge in [-0.05, 0) is 39.7 Å². The Morgan fingerprint density at radius 3 is 2.10 bits per heavy atom. The lowest BCUT2D eigenvalue weighted by Gasteiger charge is -2.11. The summed E-state index contributed by atoms with van der Waals surface area (Å²) in [6.45, 7) is 0. The van der Waals surface area contributed by atoms with Gasteiger partial charge in [0.1, 0.15) is 10.3 Å². The van der Waals surface area contributed by atoms with Gasteiger partial charge in [-0.25, -0.2) is 9.97 Å². The van der Waals surface area contributed by atoms with Gasteiger partial charge in [-0.3, -0.25) is 4.57 Å². The van der Waals surface area contributed by atoms with Gasteiger partial charge < -0.3 is 0 Å². The van der Waals surface area contributed by atoms with Crippen molar-refractivity contribution in [2.24, 2.45) is 0 Å². The number of para-hydroxylation sites is 1. The van der Waals surface area contributed by atoms with Crippen LogP contribution in [-0.4, -0.2) is 14.5 Å². The van der Waals surface area contributed by atoms with Crippen LogP contribution in [0.4, 0.5) is 0 Å². The maximum absolute atomic E-state index is 7.09. The van der Waals surface area contributed by atoms with E-state index < -0.39 is 0 Å². The summed E-state index contributed by atoms with van der Waals surface area (Å²) in [4.78, 5) is 11.1. The van der Waals surface area contributed by atoms with Crippen LogP contribution >= 0.6 is 34.3 Å². The van der Waals surface area contributed by atoms with E-state index >= 15 is 0 Å². The minimum atomic E-state index is 0.404. The molecular formula is C36H18ClN3S2. The van der Waals surface area contributed by atoms with E-state index in [1.165, 1.54) is 52.5 Å². The molecule has 0 radical (unpaired) electrons. The fraction of sp³-hybridized carbons (Fsp3) is 0. The molecule has 0 unspecified atom stereocenters. The van der Waals surface area contributed by atoms with E-state index in [4.69, 9.17) is 21.6 Å². The molecule has 196 valence electrons. The molecule has 0 fully saturated rings. The Morgan fingerprint density at radius 1 is 0.548 bits per heavy atom. The fourth-order valence-corrected chi connectivity index (χ4v) is 9.29. The minimum Gasteiger partial charge on any atom is -0.290 e. The van der Waals surface area contributed by atoms with Crippen LogP contribution in [0.1, 0.15) is 0 Å². The third-order valence-corrected chi connectivity index (χ3v) is 11.0. The molecule has 0 spiro atoms. The van der Waals surface area contributed by atoms with Crippen LogP contribution in [0.15, 0.2) is 109 Å². The van der Waals surface area contributed by atoms with Crippen LogP contribution in [0, 0.1) is 0 Å². The van der Waals surface area contributed by atoms with Gasteiger partial charge in [0, 0.05) is 36.3 Å². The molecule has 0 saturated heterocycles. The average Bonchev–Trinajstić information content (AvgIpc) is 3.70. The number of hydrogen-bond donors (Lipinski definition) is 0. The van der Waals surface area contributed by atoms with Gasteiger partial charge in [-0.1, -0.05) is 103 Å². The van der Waals surface area contributed by atoms with Crippen molar-refractivity contribution in [2.45, 2.75) is 0 Å². The summed E-state index contributed by atoms with van der Waals surface area (Å²) in [5.74, 6) is 0.667. The minimum absolute atomic E-state index is 0.404. The number of halogens is 1. The summed E-state index contributed by atoms with van der Waals surface area (Å²) in [7, 11) is 0. The Kier molecular flexibility index (Phi) is 4.54. The number of fused-ring (bicyclic) bond motifs is 15. The summed E-state index contributed by atoms with van der Waals surface area (Å²) in [5, 5.41) is 11.5. The molecule has 42 heavy (non-hydrogen) atoms. The van der Waals surface area contributed by atoms with Gasteiger partial charge >= 0.3 is 0 Å². The van der Waals surface area contributed by atoms with Crippen LogP contribution < -0.4 is 0 Å². The number of benzene rings is 6. The number of rotatable bonds is 1. The molecule has 6 aromatic carbocycles. The van der Waals surface area contributed by atoms with Gasteiger partial charge in [0.05, 0.1) is 15.7 Å². The standard InChI is InChI=1S/C36H18ClN3S2/c37-34-35(39-36-31(38-34)24-14-6-8-16-26(24)42-36)40-25-15-7-5-13-23(25)28-21-11-3-4-12-22(21)30-29-20-10-2-1-9-19(20)17-18-27(29)41-33(30)32(28)40/h1-18H. The highest BCUT2D eigenvalue weighted by Gasteiger charge is 2.24. The Morgan fingerprint density at radius 2 is 1.24 bits per heavy atom. The van der Waals surface area contributed by atoms with Crippen LogP contribution in [0.25, 0.3) is 89.8 Å². The topological polar surface area (TPSA) is 30.7 Å². The molecule has 0 aliphatic heterocycles. The number of aromatic nitrogens is 3. The van der Waals surface area contributed by atoms with Gasteiger partial charge in [0.2, 0.25) is 0 Å². The zero-order valence-electron chi connectivity index (χ0n) is 21.9. The molecule has 0 bridgehead atoms. The molecule has 3 nitrogen and oxygen atoms in total. The lowest BCUT2D eigenvalue weighted by molar-refractivity contribution is 1.09. The fourth-order valence-electron chi connectivity index (χ4n) is 6.79. The van der Waals surface area contributed by atoms with Crippen molar-refractivity contribution in [3.63, 3.8) is 0 Å². The van der Waals surface area contributed by atoms with Crippen molar-refractivity contribution in [1.82, 2.24) is 14.5 Å². The van der Waals surface area contributed by atoms with Crippen molar-refractivity contribution in [3.8, 4) is 5.82 Å².